The Morgan fingerprint density at radius 2 is 2.00 bits per heavy atom. The van der Waals surface area contributed by atoms with Crippen molar-refractivity contribution in [1.82, 2.24) is 15.3 Å². The lowest BCUT2D eigenvalue weighted by Gasteiger charge is -2.13. The number of aromatic nitrogens is 2. The van der Waals surface area contributed by atoms with Crippen molar-refractivity contribution in [2.45, 2.75) is 69.5 Å². The molecule has 1 saturated carbocycles. The second kappa shape index (κ2) is 5.80. The topological polar surface area (TPSA) is 37.8 Å². The molecule has 0 radical (unpaired) electrons. The van der Waals surface area contributed by atoms with E-state index in [4.69, 9.17) is 9.97 Å². The first-order valence-electron chi connectivity index (χ1n) is 7.45. The van der Waals surface area contributed by atoms with Gasteiger partial charge >= 0.3 is 0 Å². The van der Waals surface area contributed by atoms with E-state index in [0.29, 0.717) is 5.92 Å². The number of nitrogens with one attached hydrogen (secondary N) is 1. The van der Waals surface area contributed by atoms with Crippen LogP contribution in [0.3, 0.4) is 0 Å². The van der Waals surface area contributed by atoms with Gasteiger partial charge in [-0.3, -0.25) is 0 Å². The average Bonchev–Trinajstić information content (AvgIpc) is 3.06. The van der Waals surface area contributed by atoms with Crippen molar-refractivity contribution < 1.29 is 0 Å². The lowest BCUT2D eigenvalue weighted by atomic mass is 10.0. The van der Waals surface area contributed by atoms with Crippen molar-refractivity contribution in [2.75, 3.05) is 0 Å². The third-order valence-corrected chi connectivity index (χ3v) is 5.43. The summed E-state index contributed by atoms with van der Waals surface area (Å²) in [6.07, 6.45) is 5.58. The van der Waals surface area contributed by atoms with E-state index in [0.717, 1.165) is 29.9 Å². The average molecular weight is 277 g/mol. The van der Waals surface area contributed by atoms with Gasteiger partial charge in [0.25, 0.3) is 0 Å². The van der Waals surface area contributed by atoms with E-state index in [2.05, 4.69) is 30.9 Å². The molecule has 3 nitrogen and oxygen atoms in total. The van der Waals surface area contributed by atoms with Gasteiger partial charge in [-0.25, -0.2) is 9.97 Å². The second-order valence-electron chi connectivity index (χ2n) is 5.93. The Morgan fingerprint density at radius 3 is 2.74 bits per heavy atom. The minimum atomic E-state index is 0.492. The summed E-state index contributed by atoms with van der Waals surface area (Å²) in [4.78, 5) is 9.60. The molecule has 0 atom stereocenters. The molecule has 3 rings (SSSR count). The number of thioether (sulfide) groups is 1. The van der Waals surface area contributed by atoms with Gasteiger partial charge in [-0.05, 0) is 18.8 Å². The molecule has 1 fully saturated rings. The van der Waals surface area contributed by atoms with Crippen LogP contribution in [0.1, 0.15) is 68.2 Å². The highest BCUT2D eigenvalue weighted by molar-refractivity contribution is 7.99. The summed E-state index contributed by atoms with van der Waals surface area (Å²) >= 11 is 2.06. The zero-order valence-electron chi connectivity index (χ0n) is 11.9. The third kappa shape index (κ3) is 2.95. The molecule has 1 aromatic heterocycles. The summed E-state index contributed by atoms with van der Waals surface area (Å²) < 4.78 is 0. The van der Waals surface area contributed by atoms with Crippen LogP contribution in [0.5, 0.6) is 0 Å². The molecule has 0 spiro atoms. The molecule has 0 unspecified atom stereocenters. The maximum Gasteiger partial charge on any atom is 0.138 e. The van der Waals surface area contributed by atoms with E-state index in [1.54, 1.807) is 0 Å². The van der Waals surface area contributed by atoms with Crippen molar-refractivity contribution in [3.05, 3.63) is 22.8 Å². The highest BCUT2D eigenvalue weighted by Gasteiger charge is 2.21. The molecule has 0 saturated heterocycles. The maximum absolute atomic E-state index is 4.83. The second-order valence-corrected chi connectivity index (χ2v) is 7.21. The van der Waals surface area contributed by atoms with Gasteiger partial charge in [-0.1, -0.05) is 26.7 Å². The van der Waals surface area contributed by atoms with Crippen LogP contribution in [-0.4, -0.2) is 15.2 Å². The van der Waals surface area contributed by atoms with E-state index in [9.17, 15) is 0 Å². The summed E-state index contributed by atoms with van der Waals surface area (Å²) in [6.45, 7) is 6.32. The normalized spacial score (nSPS) is 19.3. The van der Waals surface area contributed by atoms with Crippen LogP contribution in [0, 0.1) is 0 Å². The molecule has 1 aliphatic carbocycles. The molecule has 0 aromatic carbocycles. The fraction of sp³-hybridized carbons (Fsp3) is 0.733. The monoisotopic (exact) mass is 277 g/mol. The molecule has 4 heteroatoms. The summed E-state index contributed by atoms with van der Waals surface area (Å²) in [5.74, 6) is 2.52. The zero-order chi connectivity index (χ0) is 13.2. The van der Waals surface area contributed by atoms with Crippen LogP contribution in [0.15, 0.2) is 0 Å². The first kappa shape index (κ1) is 13.4. The van der Waals surface area contributed by atoms with Gasteiger partial charge in [0, 0.05) is 23.9 Å². The van der Waals surface area contributed by atoms with E-state index in [-0.39, 0.29) is 0 Å². The molecule has 1 aliphatic heterocycles. The summed E-state index contributed by atoms with van der Waals surface area (Å²) in [5, 5.41) is 4.24. The van der Waals surface area contributed by atoms with E-state index in [1.807, 2.05) is 0 Å². The molecule has 2 heterocycles. The van der Waals surface area contributed by atoms with Gasteiger partial charge in [0.05, 0.1) is 17.1 Å². The summed E-state index contributed by atoms with van der Waals surface area (Å²) in [7, 11) is 0. The van der Waals surface area contributed by atoms with Gasteiger partial charge in [0.1, 0.15) is 5.82 Å². The minimum absolute atomic E-state index is 0.492. The highest BCUT2D eigenvalue weighted by atomic mass is 32.2. The van der Waals surface area contributed by atoms with Crippen LogP contribution in [0.4, 0.5) is 0 Å². The van der Waals surface area contributed by atoms with E-state index >= 15 is 0 Å². The standard InChI is InChI=1S/C15H23N3S/c1-10(2)15-12-7-16-8-13(12)17-14(18-15)9-19-11-5-3-4-6-11/h10-11,16H,3-9H2,1-2H3. The quantitative estimate of drug-likeness (QED) is 0.915. The predicted molar refractivity (Wildman–Crippen MR) is 80.2 cm³/mol. The molecule has 19 heavy (non-hydrogen) atoms. The fourth-order valence-corrected chi connectivity index (χ4v) is 4.22. The predicted octanol–water partition coefficient (Wildman–Crippen LogP) is 3.38. The molecule has 0 bridgehead atoms. The lowest BCUT2D eigenvalue weighted by Crippen LogP contribution is -2.08. The Hall–Kier alpha value is -0.610. The maximum atomic E-state index is 4.83. The van der Waals surface area contributed by atoms with Crippen LogP contribution in [0.25, 0.3) is 0 Å². The number of hydrogen-bond donors (Lipinski definition) is 1. The Morgan fingerprint density at radius 1 is 1.21 bits per heavy atom. The first-order chi connectivity index (χ1) is 9.24. The van der Waals surface area contributed by atoms with Gasteiger partial charge < -0.3 is 5.32 Å². The van der Waals surface area contributed by atoms with Gasteiger partial charge in [-0.2, -0.15) is 11.8 Å². The van der Waals surface area contributed by atoms with Crippen molar-refractivity contribution in [3.63, 3.8) is 0 Å². The zero-order valence-corrected chi connectivity index (χ0v) is 12.7. The number of rotatable bonds is 4. The van der Waals surface area contributed by atoms with Gasteiger partial charge in [0.2, 0.25) is 0 Å². The van der Waals surface area contributed by atoms with Crippen molar-refractivity contribution in [3.8, 4) is 0 Å². The minimum Gasteiger partial charge on any atom is -0.307 e. The van der Waals surface area contributed by atoms with Gasteiger partial charge in [-0.15, -0.1) is 0 Å². The fourth-order valence-electron chi connectivity index (χ4n) is 3.04. The molecular formula is C15H23N3S. The largest absolute Gasteiger partial charge is 0.307 e. The third-order valence-electron chi connectivity index (χ3n) is 4.06. The number of fused-ring (bicyclic) bond motifs is 1. The van der Waals surface area contributed by atoms with Crippen molar-refractivity contribution in [1.29, 1.82) is 0 Å². The summed E-state index contributed by atoms with van der Waals surface area (Å²) in [6, 6.07) is 0. The number of nitrogens with zero attached hydrogens (tertiary/aromatic N) is 2. The van der Waals surface area contributed by atoms with Crippen LogP contribution >= 0.6 is 11.8 Å². The van der Waals surface area contributed by atoms with E-state index < -0.39 is 0 Å². The number of hydrogen-bond acceptors (Lipinski definition) is 4. The Balaban J connectivity index is 1.76. The molecule has 1 aromatic rings. The van der Waals surface area contributed by atoms with Crippen LogP contribution in [0.2, 0.25) is 0 Å². The highest BCUT2D eigenvalue weighted by Crippen LogP contribution is 2.32. The first-order valence-corrected chi connectivity index (χ1v) is 8.50. The molecule has 0 amide bonds. The summed E-state index contributed by atoms with van der Waals surface area (Å²) in [5.41, 5.74) is 3.85. The Kier molecular flexibility index (Phi) is 4.08. The Labute approximate surface area is 120 Å². The van der Waals surface area contributed by atoms with Crippen LogP contribution in [-0.2, 0) is 18.8 Å². The van der Waals surface area contributed by atoms with Crippen molar-refractivity contribution in [2.24, 2.45) is 0 Å². The van der Waals surface area contributed by atoms with Gasteiger partial charge in [0.15, 0.2) is 0 Å². The molecule has 104 valence electrons. The smallest absolute Gasteiger partial charge is 0.138 e. The van der Waals surface area contributed by atoms with E-state index in [1.165, 1.54) is 42.6 Å². The molecular weight excluding hydrogens is 254 g/mol. The lowest BCUT2D eigenvalue weighted by molar-refractivity contribution is 0.746. The van der Waals surface area contributed by atoms with Crippen molar-refractivity contribution >= 4 is 11.8 Å². The molecule has 2 aliphatic rings. The Bertz CT molecular complexity index is 453. The van der Waals surface area contributed by atoms with Crippen LogP contribution < -0.4 is 5.32 Å². The SMILES string of the molecule is CC(C)c1nc(CSC2CCCC2)nc2c1CNC2. The molecule has 1 N–H and O–H groups in total.